The van der Waals surface area contributed by atoms with Crippen LogP contribution < -0.4 is 11.1 Å². The molecule has 1 saturated carbocycles. The minimum absolute atomic E-state index is 0.609. The summed E-state index contributed by atoms with van der Waals surface area (Å²) in [7, 11) is 4.13. The summed E-state index contributed by atoms with van der Waals surface area (Å²) in [5, 5.41) is 3.16. The molecule has 0 atom stereocenters. The van der Waals surface area contributed by atoms with Crippen molar-refractivity contribution in [1.29, 1.82) is 0 Å². The molecule has 3 N–H and O–H groups in total. The van der Waals surface area contributed by atoms with E-state index in [2.05, 4.69) is 29.3 Å². The van der Waals surface area contributed by atoms with Gasteiger partial charge in [0.15, 0.2) is 5.96 Å². The Balaban J connectivity index is 2.00. The Kier molecular flexibility index (Phi) is 4.02. The summed E-state index contributed by atoms with van der Waals surface area (Å²) in [6.45, 7) is 1.89. The molecule has 0 saturated heterocycles. The first-order valence-electron chi connectivity index (χ1n) is 4.89. The van der Waals surface area contributed by atoms with Crippen LogP contribution in [0.25, 0.3) is 0 Å². The predicted octanol–water partition coefficient (Wildman–Crippen LogP) is 0.00480. The van der Waals surface area contributed by atoms with Crippen molar-refractivity contribution in [2.75, 3.05) is 27.2 Å². The van der Waals surface area contributed by atoms with Crippen molar-refractivity contribution in [3.05, 3.63) is 0 Å². The number of nitrogens with two attached hydrogens (primary N) is 1. The lowest BCUT2D eigenvalue weighted by Gasteiger charge is -2.07. The average molecular weight is 184 g/mol. The third-order valence-corrected chi connectivity index (χ3v) is 1.97. The Morgan fingerprint density at radius 1 is 1.54 bits per heavy atom. The van der Waals surface area contributed by atoms with Crippen LogP contribution in [0.15, 0.2) is 4.99 Å². The molecule has 0 amide bonds. The highest BCUT2D eigenvalue weighted by Gasteiger charge is 2.21. The van der Waals surface area contributed by atoms with E-state index in [1.54, 1.807) is 0 Å². The summed E-state index contributed by atoms with van der Waals surface area (Å²) >= 11 is 0. The van der Waals surface area contributed by atoms with Gasteiger partial charge in [0, 0.05) is 12.6 Å². The number of hydrogen-bond acceptors (Lipinski definition) is 2. The fourth-order valence-electron chi connectivity index (χ4n) is 1.07. The zero-order valence-corrected chi connectivity index (χ0v) is 8.58. The van der Waals surface area contributed by atoms with Crippen molar-refractivity contribution in [2.24, 2.45) is 10.7 Å². The molecule has 0 aromatic rings. The van der Waals surface area contributed by atoms with Gasteiger partial charge >= 0.3 is 0 Å². The molecule has 13 heavy (non-hydrogen) atoms. The fraction of sp³-hybridized carbons (Fsp3) is 0.889. The lowest BCUT2D eigenvalue weighted by molar-refractivity contribution is 0.403. The van der Waals surface area contributed by atoms with Crippen LogP contribution >= 0.6 is 0 Å². The molecule has 4 heteroatoms. The molecule has 4 nitrogen and oxygen atoms in total. The fourth-order valence-corrected chi connectivity index (χ4v) is 1.07. The van der Waals surface area contributed by atoms with Crippen LogP contribution in [-0.4, -0.2) is 44.1 Å². The number of aliphatic imine (C=N–C) groups is 1. The second kappa shape index (κ2) is 5.07. The third kappa shape index (κ3) is 5.47. The van der Waals surface area contributed by atoms with Crippen LogP contribution in [0.3, 0.4) is 0 Å². The standard InChI is InChI=1S/C9H20N4/c1-13(2)7-3-6-11-9(10)12-8-4-5-8/h8H,3-7H2,1-2H3,(H3,10,11,12). The van der Waals surface area contributed by atoms with Crippen LogP contribution in [0.5, 0.6) is 0 Å². The van der Waals surface area contributed by atoms with Crippen LogP contribution in [0.4, 0.5) is 0 Å². The molecule has 0 aliphatic heterocycles. The van der Waals surface area contributed by atoms with Gasteiger partial charge in [0.05, 0.1) is 0 Å². The molecule has 0 spiro atoms. The predicted molar refractivity (Wildman–Crippen MR) is 55.8 cm³/mol. The Bertz CT molecular complexity index is 172. The average Bonchev–Trinajstić information content (AvgIpc) is 2.81. The van der Waals surface area contributed by atoms with E-state index in [-0.39, 0.29) is 0 Å². The molecule has 0 radical (unpaired) electrons. The summed E-state index contributed by atoms with van der Waals surface area (Å²) in [6.07, 6.45) is 3.56. The molecule has 0 unspecified atom stereocenters. The molecule has 1 aliphatic rings. The topological polar surface area (TPSA) is 53.6 Å². The number of nitrogens with one attached hydrogen (secondary N) is 1. The Morgan fingerprint density at radius 2 is 2.23 bits per heavy atom. The molecule has 76 valence electrons. The number of nitrogens with zero attached hydrogens (tertiary/aromatic N) is 2. The molecule has 1 fully saturated rings. The summed E-state index contributed by atoms with van der Waals surface area (Å²) in [5.74, 6) is 0.612. The van der Waals surface area contributed by atoms with E-state index in [4.69, 9.17) is 5.73 Å². The van der Waals surface area contributed by atoms with Gasteiger partial charge in [-0.05, 0) is 39.9 Å². The molecular weight excluding hydrogens is 164 g/mol. The van der Waals surface area contributed by atoms with Crippen LogP contribution in [0, 0.1) is 0 Å². The van der Waals surface area contributed by atoms with Crippen molar-refractivity contribution >= 4 is 5.96 Å². The minimum Gasteiger partial charge on any atom is -0.370 e. The van der Waals surface area contributed by atoms with Crippen molar-refractivity contribution in [1.82, 2.24) is 10.2 Å². The van der Waals surface area contributed by atoms with Gasteiger partial charge in [0.1, 0.15) is 0 Å². The van der Waals surface area contributed by atoms with E-state index in [1.807, 2.05) is 0 Å². The van der Waals surface area contributed by atoms with Crippen molar-refractivity contribution < 1.29 is 0 Å². The lowest BCUT2D eigenvalue weighted by Crippen LogP contribution is -2.33. The van der Waals surface area contributed by atoms with E-state index < -0.39 is 0 Å². The number of rotatable bonds is 5. The van der Waals surface area contributed by atoms with Gasteiger partial charge in [-0.25, -0.2) is 0 Å². The number of hydrogen-bond donors (Lipinski definition) is 2. The molecular formula is C9H20N4. The quantitative estimate of drug-likeness (QED) is 0.359. The second-order valence-electron chi connectivity index (χ2n) is 3.84. The first kappa shape index (κ1) is 10.3. The molecule has 1 rings (SSSR count). The van der Waals surface area contributed by atoms with E-state index in [9.17, 15) is 0 Å². The van der Waals surface area contributed by atoms with Crippen molar-refractivity contribution in [2.45, 2.75) is 25.3 Å². The summed E-state index contributed by atoms with van der Waals surface area (Å²) < 4.78 is 0. The maximum atomic E-state index is 5.66. The van der Waals surface area contributed by atoms with Crippen LogP contribution in [-0.2, 0) is 0 Å². The van der Waals surface area contributed by atoms with Crippen molar-refractivity contribution in [3.8, 4) is 0 Å². The largest absolute Gasteiger partial charge is 0.370 e. The Labute approximate surface area is 80.2 Å². The van der Waals surface area contributed by atoms with Gasteiger partial charge in [-0.2, -0.15) is 0 Å². The minimum atomic E-state index is 0.609. The highest BCUT2D eigenvalue weighted by Crippen LogP contribution is 2.17. The molecule has 0 bridgehead atoms. The monoisotopic (exact) mass is 184 g/mol. The Morgan fingerprint density at radius 3 is 2.77 bits per heavy atom. The summed E-state index contributed by atoms with van der Waals surface area (Å²) in [4.78, 5) is 6.39. The van der Waals surface area contributed by atoms with Gasteiger partial charge in [-0.15, -0.1) is 0 Å². The molecule has 1 aliphatic carbocycles. The highest BCUT2D eigenvalue weighted by molar-refractivity contribution is 5.78. The first-order chi connectivity index (χ1) is 6.18. The third-order valence-electron chi connectivity index (χ3n) is 1.97. The van der Waals surface area contributed by atoms with Gasteiger partial charge in [0.25, 0.3) is 0 Å². The van der Waals surface area contributed by atoms with E-state index in [0.29, 0.717) is 12.0 Å². The highest BCUT2D eigenvalue weighted by atomic mass is 15.1. The maximum Gasteiger partial charge on any atom is 0.188 e. The SMILES string of the molecule is CN(C)CCCN=C(N)NC1CC1. The van der Waals surface area contributed by atoms with Gasteiger partial charge in [-0.1, -0.05) is 0 Å². The first-order valence-corrected chi connectivity index (χ1v) is 4.89. The Hall–Kier alpha value is -0.770. The maximum absolute atomic E-state index is 5.66. The lowest BCUT2D eigenvalue weighted by atomic mass is 10.4. The van der Waals surface area contributed by atoms with Gasteiger partial charge in [-0.3, -0.25) is 4.99 Å². The summed E-state index contributed by atoms with van der Waals surface area (Å²) in [6, 6.07) is 0.609. The van der Waals surface area contributed by atoms with E-state index >= 15 is 0 Å². The zero-order valence-electron chi connectivity index (χ0n) is 8.58. The van der Waals surface area contributed by atoms with Crippen LogP contribution in [0.1, 0.15) is 19.3 Å². The molecule has 0 heterocycles. The summed E-state index contributed by atoms with van der Waals surface area (Å²) in [5.41, 5.74) is 5.66. The van der Waals surface area contributed by atoms with Gasteiger partial charge in [0.2, 0.25) is 0 Å². The van der Waals surface area contributed by atoms with Crippen molar-refractivity contribution in [3.63, 3.8) is 0 Å². The molecule has 0 aromatic heterocycles. The van der Waals surface area contributed by atoms with Crippen LogP contribution in [0.2, 0.25) is 0 Å². The second-order valence-corrected chi connectivity index (χ2v) is 3.84. The molecule has 0 aromatic carbocycles. The van der Waals surface area contributed by atoms with Gasteiger partial charge < -0.3 is 16.0 Å². The number of guanidine groups is 1. The smallest absolute Gasteiger partial charge is 0.188 e. The van der Waals surface area contributed by atoms with E-state index in [0.717, 1.165) is 19.5 Å². The zero-order chi connectivity index (χ0) is 9.68. The van der Waals surface area contributed by atoms with E-state index in [1.165, 1.54) is 12.8 Å². The normalized spacial score (nSPS) is 17.9.